The minimum absolute atomic E-state index is 0.112. The van der Waals surface area contributed by atoms with Gasteiger partial charge in [-0.1, -0.05) is 29.8 Å². The van der Waals surface area contributed by atoms with E-state index >= 15 is 0 Å². The first-order valence-electron chi connectivity index (χ1n) is 7.36. The molecule has 126 valence electrons. The van der Waals surface area contributed by atoms with Gasteiger partial charge in [0.1, 0.15) is 0 Å². The summed E-state index contributed by atoms with van der Waals surface area (Å²) < 4.78 is 39.8. The predicted octanol–water partition coefficient (Wildman–Crippen LogP) is 3.68. The molecule has 0 atom stereocenters. The molecule has 0 saturated carbocycles. The highest BCUT2D eigenvalue weighted by Crippen LogP contribution is 2.29. The van der Waals surface area contributed by atoms with Crippen molar-refractivity contribution in [2.24, 2.45) is 0 Å². The molecular weight excluding hydrogens is 319 g/mol. The second-order valence-electron chi connectivity index (χ2n) is 5.69. The lowest BCUT2D eigenvalue weighted by molar-refractivity contribution is -0.146. The maximum atomic E-state index is 13.0. The summed E-state index contributed by atoms with van der Waals surface area (Å²) >= 11 is 0. The van der Waals surface area contributed by atoms with Crippen molar-refractivity contribution in [3.63, 3.8) is 0 Å². The van der Waals surface area contributed by atoms with Crippen LogP contribution in [0.4, 0.5) is 19.0 Å². The van der Waals surface area contributed by atoms with Gasteiger partial charge in [0.05, 0.1) is 0 Å². The van der Waals surface area contributed by atoms with Crippen LogP contribution in [0.15, 0.2) is 24.3 Å². The van der Waals surface area contributed by atoms with Crippen LogP contribution < -0.4 is 5.32 Å². The Morgan fingerprint density at radius 3 is 2.29 bits per heavy atom. The summed E-state index contributed by atoms with van der Waals surface area (Å²) in [5.41, 5.74) is 3.62. The van der Waals surface area contributed by atoms with E-state index in [1.165, 1.54) is 0 Å². The first-order chi connectivity index (χ1) is 11.3. The number of alkyl halides is 3. The van der Waals surface area contributed by atoms with Crippen molar-refractivity contribution >= 4 is 11.5 Å². The topological polar surface area (TPSA) is 55.1 Å². The minimum Gasteiger partial charge on any atom is -0.364 e. The Morgan fingerprint density at radius 1 is 1.00 bits per heavy atom. The number of halogens is 3. The van der Waals surface area contributed by atoms with Crippen LogP contribution in [0.2, 0.25) is 0 Å². The van der Waals surface area contributed by atoms with E-state index in [0.717, 1.165) is 21.2 Å². The number of fused-ring (bicyclic) bond motifs is 1. The number of anilines is 1. The Kier molecular flexibility index (Phi) is 3.90. The van der Waals surface area contributed by atoms with Crippen LogP contribution in [0.3, 0.4) is 0 Å². The van der Waals surface area contributed by atoms with Crippen molar-refractivity contribution in [1.82, 2.24) is 19.8 Å². The van der Waals surface area contributed by atoms with Gasteiger partial charge in [-0.25, -0.2) is 0 Å². The lowest BCUT2D eigenvalue weighted by atomic mass is 10.1. The number of hydrogen-bond acceptors (Lipinski definition) is 4. The highest BCUT2D eigenvalue weighted by Gasteiger charge is 2.38. The molecule has 8 heteroatoms. The fourth-order valence-corrected chi connectivity index (χ4v) is 2.37. The lowest BCUT2D eigenvalue weighted by Gasteiger charge is -2.12. The Morgan fingerprint density at radius 2 is 1.67 bits per heavy atom. The van der Waals surface area contributed by atoms with E-state index in [1.54, 1.807) is 13.8 Å². The highest BCUT2D eigenvalue weighted by molar-refractivity contribution is 5.58. The zero-order valence-electron chi connectivity index (χ0n) is 13.4. The van der Waals surface area contributed by atoms with Crippen LogP contribution in [-0.4, -0.2) is 19.8 Å². The van der Waals surface area contributed by atoms with E-state index in [-0.39, 0.29) is 5.65 Å². The first kappa shape index (κ1) is 16.2. The molecule has 3 rings (SSSR count). The molecule has 0 radical (unpaired) electrons. The van der Waals surface area contributed by atoms with E-state index in [0.29, 0.717) is 17.9 Å². The molecule has 0 saturated heterocycles. The van der Waals surface area contributed by atoms with E-state index in [4.69, 9.17) is 0 Å². The molecule has 2 heterocycles. The van der Waals surface area contributed by atoms with Crippen molar-refractivity contribution in [1.29, 1.82) is 0 Å². The zero-order valence-corrected chi connectivity index (χ0v) is 13.4. The van der Waals surface area contributed by atoms with Gasteiger partial charge in [-0.15, -0.1) is 15.3 Å². The molecule has 1 N–H and O–H groups in total. The first-order valence-corrected chi connectivity index (χ1v) is 7.36. The second-order valence-corrected chi connectivity index (χ2v) is 5.69. The Balaban J connectivity index is 1.98. The molecule has 3 aromatic rings. The number of hydrogen-bond donors (Lipinski definition) is 1. The zero-order chi connectivity index (χ0) is 17.5. The quantitative estimate of drug-likeness (QED) is 0.793. The third-order valence-electron chi connectivity index (χ3n) is 3.93. The number of aromatic nitrogens is 4. The molecule has 0 bridgehead atoms. The monoisotopic (exact) mass is 335 g/mol. The molecule has 0 aliphatic carbocycles. The molecule has 0 amide bonds. The van der Waals surface area contributed by atoms with Gasteiger partial charge in [-0.2, -0.15) is 17.7 Å². The SMILES string of the molecule is Cc1ccc(CNc2nn3c(C(F)(F)F)nnc3c(C)c2C)cc1. The Labute approximate surface area is 136 Å². The Bertz CT molecular complexity index is 881. The van der Waals surface area contributed by atoms with Crippen molar-refractivity contribution in [3.8, 4) is 0 Å². The average molecular weight is 335 g/mol. The molecule has 0 unspecified atom stereocenters. The largest absolute Gasteiger partial charge is 0.453 e. The van der Waals surface area contributed by atoms with Gasteiger partial charge in [0.25, 0.3) is 5.82 Å². The fourth-order valence-electron chi connectivity index (χ4n) is 2.37. The summed E-state index contributed by atoms with van der Waals surface area (Å²) in [6, 6.07) is 7.88. The predicted molar refractivity (Wildman–Crippen MR) is 83.8 cm³/mol. The number of nitrogens with one attached hydrogen (secondary N) is 1. The summed E-state index contributed by atoms with van der Waals surface area (Å²) in [6.45, 7) is 5.95. The van der Waals surface area contributed by atoms with Gasteiger partial charge in [0.15, 0.2) is 11.5 Å². The summed E-state index contributed by atoms with van der Waals surface area (Å²) in [6.07, 6.45) is -4.61. The van der Waals surface area contributed by atoms with Gasteiger partial charge >= 0.3 is 6.18 Å². The molecule has 2 aromatic heterocycles. The van der Waals surface area contributed by atoms with Gasteiger partial charge in [-0.3, -0.25) is 0 Å². The van der Waals surface area contributed by atoms with Gasteiger partial charge in [0.2, 0.25) is 0 Å². The molecule has 24 heavy (non-hydrogen) atoms. The minimum atomic E-state index is -4.61. The third kappa shape index (κ3) is 2.91. The van der Waals surface area contributed by atoms with Crippen LogP contribution in [0, 0.1) is 20.8 Å². The lowest BCUT2D eigenvalue weighted by Crippen LogP contribution is -2.15. The van der Waals surface area contributed by atoms with E-state index in [9.17, 15) is 13.2 Å². The molecule has 0 aliphatic rings. The molecule has 0 aliphatic heterocycles. The van der Waals surface area contributed by atoms with Crippen LogP contribution in [-0.2, 0) is 12.7 Å². The van der Waals surface area contributed by atoms with Crippen molar-refractivity contribution in [3.05, 3.63) is 52.3 Å². The molecule has 5 nitrogen and oxygen atoms in total. The maximum Gasteiger partial charge on any atom is 0.453 e. The van der Waals surface area contributed by atoms with E-state index < -0.39 is 12.0 Å². The molecule has 0 fully saturated rings. The number of nitrogens with zero attached hydrogens (tertiary/aromatic N) is 4. The van der Waals surface area contributed by atoms with Crippen molar-refractivity contribution in [2.75, 3.05) is 5.32 Å². The number of rotatable bonds is 3. The van der Waals surface area contributed by atoms with Crippen LogP contribution in [0.5, 0.6) is 0 Å². The summed E-state index contributed by atoms with van der Waals surface area (Å²) in [4.78, 5) is 0. The number of benzene rings is 1. The van der Waals surface area contributed by atoms with Crippen molar-refractivity contribution in [2.45, 2.75) is 33.5 Å². The van der Waals surface area contributed by atoms with Crippen LogP contribution in [0.25, 0.3) is 5.65 Å². The summed E-state index contributed by atoms with van der Waals surface area (Å²) in [5, 5.41) is 14.0. The standard InChI is InChI=1S/C16H16F3N5/c1-9-4-6-12(7-5-9)8-20-13-10(2)11(3)14-21-22-15(16(17,18)19)24(14)23-13/h4-7H,8H2,1-3H3,(H,20,23). The highest BCUT2D eigenvalue weighted by atomic mass is 19.4. The van der Waals surface area contributed by atoms with E-state index in [1.807, 2.05) is 31.2 Å². The molecule has 1 aromatic carbocycles. The third-order valence-corrected chi connectivity index (χ3v) is 3.93. The van der Waals surface area contributed by atoms with Crippen LogP contribution >= 0.6 is 0 Å². The van der Waals surface area contributed by atoms with Gasteiger partial charge in [-0.05, 0) is 31.9 Å². The Hall–Kier alpha value is -2.64. The second kappa shape index (κ2) is 5.77. The average Bonchev–Trinajstić information content (AvgIpc) is 2.95. The molecular formula is C16H16F3N5. The molecule has 0 spiro atoms. The number of aryl methyl sites for hydroxylation is 2. The maximum absolute atomic E-state index is 13.0. The van der Waals surface area contributed by atoms with E-state index in [2.05, 4.69) is 20.6 Å². The smallest absolute Gasteiger partial charge is 0.364 e. The van der Waals surface area contributed by atoms with Crippen LogP contribution in [0.1, 0.15) is 28.1 Å². The van der Waals surface area contributed by atoms with Gasteiger partial charge < -0.3 is 5.32 Å². The van der Waals surface area contributed by atoms with Gasteiger partial charge in [0, 0.05) is 12.1 Å². The van der Waals surface area contributed by atoms with Crippen molar-refractivity contribution < 1.29 is 13.2 Å². The normalized spacial score (nSPS) is 11.9. The summed E-state index contributed by atoms with van der Waals surface area (Å²) in [7, 11) is 0. The fraction of sp³-hybridized carbons (Fsp3) is 0.312. The summed E-state index contributed by atoms with van der Waals surface area (Å²) in [5.74, 6) is -0.745.